The molecule has 1 aromatic rings. The fourth-order valence-corrected chi connectivity index (χ4v) is 3.83. The average Bonchev–Trinajstić information content (AvgIpc) is 2.88. The summed E-state index contributed by atoms with van der Waals surface area (Å²) in [6.07, 6.45) is 3.04. The third-order valence-corrected chi connectivity index (χ3v) is 4.95. The first-order valence-corrected chi connectivity index (χ1v) is 7.95. The van der Waals surface area contributed by atoms with E-state index in [1.54, 1.807) is 0 Å². The van der Waals surface area contributed by atoms with E-state index in [-0.39, 0.29) is 11.6 Å². The van der Waals surface area contributed by atoms with Crippen molar-refractivity contribution in [3.05, 3.63) is 34.3 Å². The molecule has 2 fully saturated rings. The van der Waals surface area contributed by atoms with Gasteiger partial charge in [0.2, 0.25) is 0 Å². The molecule has 1 spiro atoms. The fraction of sp³-hybridized carbons (Fsp3) is 0.600. The third kappa shape index (κ3) is 2.92. The van der Waals surface area contributed by atoms with Crippen molar-refractivity contribution in [2.45, 2.75) is 30.9 Å². The van der Waals surface area contributed by atoms with Crippen LogP contribution in [0.25, 0.3) is 0 Å². The van der Waals surface area contributed by atoms with Crippen molar-refractivity contribution in [3.8, 4) is 0 Å². The largest absolute Gasteiger partial charge is 0.378 e. The number of ether oxygens (including phenoxy) is 2. The van der Waals surface area contributed by atoms with Gasteiger partial charge in [0.1, 0.15) is 0 Å². The molecule has 4 nitrogen and oxygen atoms in total. The van der Waals surface area contributed by atoms with Crippen molar-refractivity contribution >= 4 is 15.9 Å². The van der Waals surface area contributed by atoms with Gasteiger partial charge < -0.3 is 9.47 Å². The third-order valence-electron chi connectivity index (χ3n) is 4.46. The van der Waals surface area contributed by atoms with Gasteiger partial charge in [0, 0.05) is 30.1 Å². The Morgan fingerprint density at radius 2 is 2.30 bits per heavy atom. The number of hydrogen-bond donors (Lipinski definition) is 2. The Balaban J connectivity index is 1.78. The minimum Gasteiger partial charge on any atom is -0.378 e. The molecule has 0 bridgehead atoms. The van der Waals surface area contributed by atoms with E-state index in [0.29, 0.717) is 5.92 Å². The highest BCUT2D eigenvalue weighted by atomic mass is 79.9. The summed E-state index contributed by atoms with van der Waals surface area (Å²) in [5.74, 6) is 6.31. The zero-order chi connectivity index (χ0) is 14.0. The van der Waals surface area contributed by atoms with E-state index < -0.39 is 0 Å². The van der Waals surface area contributed by atoms with Crippen molar-refractivity contribution in [1.82, 2.24) is 5.43 Å². The minimum absolute atomic E-state index is 0.0793. The van der Waals surface area contributed by atoms with Crippen LogP contribution in [0, 0.1) is 5.92 Å². The maximum Gasteiger partial charge on any atom is 0.0940 e. The summed E-state index contributed by atoms with van der Waals surface area (Å²) >= 11 is 3.53. The lowest BCUT2D eigenvalue weighted by atomic mass is 9.79. The molecule has 3 atom stereocenters. The smallest absolute Gasteiger partial charge is 0.0940 e. The number of halogens is 1. The molecule has 5 heteroatoms. The second-order valence-corrected chi connectivity index (χ2v) is 6.70. The van der Waals surface area contributed by atoms with Crippen LogP contribution in [-0.4, -0.2) is 25.4 Å². The second-order valence-electron chi connectivity index (χ2n) is 5.79. The Hall–Kier alpha value is -0.460. The summed E-state index contributed by atoms with van der Waals surface area (Å²) < 4.78 is 12.6. The van der Waals surface area contributed by atoms with Gasteiger partial charge in [-0.1, -0.05) is 28.1 Å². The molecule has 0 radical (unpaired) electrons. The van der Waals surface area contributed by atoms with Gasteiger partial charge in [-0.15, -0.1) is 0 Å². The molecule has 3 rings (SSSR count). The molecular formula is C15H21BrN2O2. The zero-order valence-corrected chi connectivity index (χ0v) is 13.1. The van der Waals surface area contributed by atoms with Gasteiger partial charge in [0.15, 0.2) is 0 Å². The van der Waals surface area contributed by atoms with Gasteiger partial charge in [0.05, 0.1) is 12.2 Å². The van der Waals surface area contributed by atoms with E-state index >= 15 is 0 Å². The van der Waals surface area contributed by atoms with Crippen molar-refractivity contribution in [2.24, 2.45) is 11.8 Å². The van der Waals surface area contributed by atoms with Crippen LogP contribution in [0.2, 0.25) is 0 Å². The highest BCUT2D eigenvalue weighted by molar-refractivity contribution is 9.10. The Labute approximate surface area is 128 Å². The summed E-state index contributed by atoms with van der Waals surface area (Å²) in [6.45, 7) is 2.32. The van der Waals surface area contributed by atoms with Gasteiger partial charge in [-0.3, -0.25) is 11.3 Å². The number of nitrogens with one attached hydrogen (secondary N) is 1. The lowest BCUT2D eigenvalue weighted by Crippen LogP contribution is -2.45. The molecule has 2 saturated heterocycles. The van der Waals surface area contributed by atoms with Crippen molar-refractivity contribution < 1.29 is 9.47 Å². The Morgan fingerprint density at radius 1 is 1.40 bits per heavy atom. The molecule has 0 aromatic heterocycles. The normalized spacial score (nSPS) is 31.6. The Morgan fingerprint density at radius 3 is 3.00 bits per heavy atom. The molecule has 0 aliphatic carbocycles. The highest BCUT2D eigenvalue weighted by Crippen LogP contribution is 2.40. The van der Waals surface area contributed by atoms with E-state index in [4.69, 9.17) is 15.3 Å². The first kappa shape index (κ1) is 14.5. The van der Waals surface area contributed by atoms with E-state index in [1.807, 2.05) is 6.07 Å². The van der Waals surface area contributed by atoms with E-state index in [2.05, 4.69) is 39.6 Å². The minimum atomic E-state index is -0.0793. The summed E-state index contributed by atoms with van der Waals surface area (Å²) in [5.41, 5.74) is 4.15. The molecule has 110 valence electrons. The molecule has 1 aromatic carbocycles. The van der Waals surface area contributed by atoms with Crippen molar-refractivity contribution in [2.75, 3.05) is 19.8 Å². The van der Waals surface area contributed by atoms with Crippen LogP contribution in [0.3, 0.4) is 0 Å². The van der Waals surface area contributed by atoms with Crippen molar-refractivity contribution in [1.29, 1.82) is 0 Å². The topological polar surface area (TPSA) is 56.5 Å². The summed E-state index contributed by atoms with van der Waals surface area (Å²) in [7, 11) is 0. The molecule has 3 unspecified atom stereocenters. The lowest BCUT2D eigenvalue weighted by Gasteiger charge is -2.40. The van der Waals surface area contributed by atoms with E-state index in [9.17, 15) is 0 Å². The lowest BCUT2D eigenvalue weighted by molar-refractivity contribution is -0.103. The van der Waals surface area contributed by atoms with Crippen LogP contribution < -0.4 is 11.3 Å². The number of hydrazine groups is 1. The average molecular weight is 341 g/mol. The first-order chi connectivity index (χ1) is 9.72. The summed E-state index contributed by atoms with van der Waals surface area (Å²) in [6, 6.07) is 8.51. The molecule has 20 heavy (non-hydrogen) atoms. The molecule has 0 saturated carbocycles. The predicted octanol–water partition coefficient (Wildman–Crippen LogP) is 2.54. The van der Waals surface area contributed by atoms with Gasteiger partial charge in [-0.2, -0.15) is 0 Å². The summed E-state index contributed by atoms with van der Waals surface area (Å²) in [5, 5.41) is 0. The van der Waals surface area contributed by atoms with Gasteiger partial charge in [-0.25, -0.2) is 0 Å². The molecule has 2 aliphatic rings. The van der Waals surface area contributed by atoms with Crippen LogP contribution in [0.5, 0.6) is 0 Å². The maximum atomic E-state index is 6.01. The van der Waals surface area contributed by atoms with Crippen LogP contribution in [0.1, 0.15) is 30.9 Å². The fourth-order valence-electron chi connectivity index (χ4n) is 3.42. The van der Waals surface area contributed by atoms with Gasteiger partial charge in [0.25, 0.3) is 0 Å². The van der Waals surface area contributed by atoms with E-state index in [1.165, 1.54) is 5.56 Å². The van der Waals surface area contributed by atoms with Gasteiger partial charge in [-0.05, 0) is 36.5 Å². The van der Waals surface area contributed by atoms with Crippen LogP contribution >= 0.6 is 15.9 Å². The van der Waals surface area contributed by atoms with Crippen molar-refractivity contribution in [3.63, 3.8) is 0 Å². The number of benzene rings is 1. The second kappa shape index (κ2) is 6.12. The van der Waals surface area contributed by atoms with Gasteiger partial charge >= 0.3 is 0 Å². The molecule has 2 heterocycles. The maximum absolute atomic E-state index is 6.01. The van der Waals surface area contributed by atoms with Crippen LogP contribution in [-0.2, 0) is 9.47 Å². The van der Waals surface area contributed by atoms with Crippen LogP contribution in [0.15, 0.2) is 28.7 Å². The summed E-state index contributed by atoms with van der Waals surface area (Å²) in [4.78, 5) is 0. The molecular weight excluding hydrogens is 320 g/mol. The number of hydrogen-bond acceptors (Lipinski definition) is 4. The zero-order valence-electron chi connectivity index (χ0n) is 11.5. The SMILES string of the molecule is NNC(c1cccc(Br)c1)C1CCOC2(CCOC2)C1. The quantitative estimate of drug-likeness (QED) is 0.655. The Kier molecular flexibility index (Phi) is 4.43. The molecule has 3 N–H and O–H groups in total. The highest BCUT2D eigenvalue weighted by Gasteiger charge is 2.43. The van der Waals surface area contributed by atoms with E-state index in [0.717, 1.165) is 43.6 Å². The Bertz CT molecular complexity index is 463. The number of rotatable bonds is 3. The standard InChI is InChI=1S/C15H21BrN2O2/c16-13-3-1-2-11(8-13)14(18-17)12-4-6-20-15(9-12)5-7-19-10-15/h1-3,8,12,14,18H,4-7,9-10,17H2. The first-order valence-electron chi connectivity index (χ1n) is 7.16. The predicted molar refractivity (Wildman–Crippen MR) is 81.0 cm³/mol. The number of nitrogens with two attached hydrogens (primary N) is 1. The molecule has 0 amide bonds. The monoisotopic (exact) mass is 340 g/mol. The molecule has 2 aliphatic heterocycles. The van der Waals surface area contributed by atoms with Crippen LogP contribution in [0.4, 0.5) is 0 Å².